The molecule has 33 heavy (non-hydrogen) atoms. The van der Waals surface area contributed by atoms with E-state index in [9.17, 15) is 9.90 Å². The Bertz CT molecular complexity index is 1310. The van der Waals surface area contributed by atoms with Gasteiger partial charge in [0.05, 0.1) is 19.0 Å². The van der Waals surface area contributed by atoms with Crippen LogP contribution < -0.4 is 10.2 Å². The van der Waals surface area contributed by atoms with Crippen molar-refractivity contribution in [1.29, 1.82) is 0 Å². The summed E-state index contributed by atoms with van der Waals surface area (Å²) in [5.41, 5.74) is 7.63. The van der Waals surface area contributed by atoms with Crippen molar-refractivity contribution in [1.82, 2.24) is 9.99 Å². The number of nitrogens with one attached hydrogen (secondary N) is 1. The van der Waals surface area contributed by atoms with E-state index >= 15 is 0 Å². The fraction of sp³-hybridized carbons (Fsp3) is 0.0769. The van der Waals surface area contributed by atoms with Gasteiger partial charge in [-0.2, -0.15) is 5.10 Å². The van der Waals surface area contributed by atoms with Gasteiger partial charge in [-0.3, -0.25) is 4.79 Å². The minimum absolute atomic E-state index is 0.0561. The first kappa shape index (κ1) is 22.4. The van der Waals surface area contributed by atoms with Gasteiger partial charge < -0.3 is 14.4 Å². The van der Waals surface area contributed by atoms with Crippen molar-refractivity contribution in [2.45, 2.75) is 6.92 Å². The largest absolute Gasteiger partial charge is 0.504 e. The minimum atomic E-state index is -0.355. The summed E-state index contributed by atoms with van der Waals surface area (Å²) in [6.07, 6.45) is 1.37. The van der Waals surface area contributed by atoms with Crippen LogP contribution in [0.15, 0.2) is 88.4 Å². The number of carbonyl (C=O) groups excluding carboxylic acids is 1. The molecule has 6 nitrogen and oxygen atoms in total. The molecule has 1 aromatic heterocycles. The van der Waals surface area contributed by atoms with Crippen LogP contribution >= 0.6 is 15.9 Å². The number of amides is 1. The molecule has 0 bridgehead atoms. The maximum atomic E-state index is 12.5. The summed E-state index contributed by atoms with van der Waals surface area (Å²) in [4.78, 5) is 12.5. The van der Waals surface area contributed by atoms with E-state index in [-0.39, 0.29) is 11.7 Å². The Hall–Kier alpha value is -3.84. The number of aromatic nitrogens is 1. The van der Waals surface area contributed by atoms with E-state index in [1.54, 1.807) is 24.3 Å². The van der Waals surface area contributed by atoms with E-state index in [0.717, 1.165) is 27.1 Å². The molecule has 0 radical (unpaired) electrons. The van der Waals surface area contributed by atoms with Crippen LogP contribution in [-0.2, 0) is 0 Å². The number of rotatable bonds is 6. The number of hydrogen-bond acceptors (Lipinski definition) is 4. The van der Waals surface area contributed by atoms with Gasteiger partial charge in [-0.15, -0.1) is 0 Å². The summed E-state index contributed by atoms with van der Waals surface area (Å²) >= 11 is 3.35. The molecular formula is C26H22BrN3O3. The zero-order chi connectivity index (χ0) is 23.4. The van der Waals surface area contributed by atoms with E-state index in [2.05, 4.69) is 55.3 Å². The number of carbonyl (C=O) groups is 1. The van der Waals surface area contributed by atoms with Crippen LogP contribution in [0.3, 0.4) is 0 Å². The molecule has 2 N–H and O–H groups in total. The second-order valence-corrected chi connectivity index (χ2v) is 8.27. The molecule has 0 saturated carbocycles. The number of aromatic hydroxyl groups is 1. The fourth-order valence-electron chi connectivity index (χ4n) is 3.55. The van der Waals surface area contributed by atoms with Crippen LogP contribution in [0.2, 0.25) is 0 Å². The predicted molar refractivity (Wildman–Crippen MR) is 133 cm³/mol. The van der Waals surface area contributed by atoms with Crippen LogP contribution in [0, 0.1) is 6.92 Å². The number of methoxy groups -OCH3 is 1. The SMILES string of the molecule is COc1cc(Br)cc(/C=N/NC(=O)c2ccc(-n3c(C)ccc3-c3ccccc3)cc2)c1O. The quantitative estimate of drug-likeness (QED) is 0.262. The smallest absolute Gasteiger partial charge is 0.271 e. The number of phenols is 1. The van der Waals surface area contributed by atoms with Gasteiger partial charge in [-0.1, -0.05) is 46.3 Å². The first-order valence-corrected chi connectivity index (χ1v) is 11.0. The Morgan fingerprint density at radius 3 is 2.48 bits per heavy atom. The molecule has 0 atom stereocenters. The van der Waals surface area contributed by atoms with E-state index in [0.29, 0.717) is 16.9 Å². The molecule has 0 aliphatic rings. The van der Waals surface area contributed by atoms with E-state index in [1.807, 2.05) is 37.3 Å². The summed E-state index contributed by atoms with van der Waals surface area (Å²) in [7, 11) is 1.46. The molecular weight excluding hydrogens is 482 g/mol. The summed E-state index contributed by atoms with van der Waals surface area (Å²) in [5, 5.41) is 14.2. The second kappa shape index (κ2) is 9.75. The third-order valence-corrected chi connectivity index (χ3v) is 5.65. The van der Waals surface area contributed by atoms with Gasteiger partial charge in [0.1, 0.15) is 0 Å². The number of ether oxygens (including phenoxy) is 1. The van der Waals surface area contributed by atoms with Crippen molar-refractivity contribution in [2.24, 2.45) is 5.10 Å². The van der Waals surface area contributed by atoms with Crippen molar-refractivity contribution in [3.8, 4) is 28.4 Å². The zero-order valence-electron chi connectivity index (χ0n) is 18.1. The molecule has 1 heterocycles. The Balaban J connectivity index is 1.51. The van der Waals surface area contributed by atoms with Crippen LogP contribution in [0.4, 0.5) is 0 Å². The summed E-state index contributed by atoms with van der Waals surface area (Å²) in [6.45, 7) is 2.05. The predicted octanol–water partition coefficient (Wildman–Crippen LogP) is 5.69. The number of nitrogens with zero attached hydrogens (tertiary/aromatic N) is 2. The van der Waals surface area contributed by atoms with Crippen LogP contribution in [0.5, 0.6) is 11.5 Å². The first-order valence-electron chi connectivity index (χ1n) is 10.2. The molecule has 166 valence electrons. The van der Waals surface area contributed by atoms with E-state index < -0.39 is 0 Å². The highest BCUT2D eigenvalue weighted by atomic mass is 79.9. The Morgan fingerprint density at radius 1 is 1.06 bits per heavy atom. The maximum Gasteiger partial charge on any atom is 0.271 e. The molecule has 0 saturated heterocycles. The van der Waals surface area contributed by atoms with Crippen molar-refractivity contribution in [3.05, 3.63) is 100 Å². The molecule has 0 spiro atoms. The summed E-state index contributed by atoms with van der Waals surface area (Å²) < 4.78 is 7.99. The molecule has 3 aromatic carbocycles. The fourth-order valence-corrected chi connectivity index (χ4v) is 4.01. The molecule has 4 aromatic rings. The van der Waals surface area contributed by atoms with Crippen molar-refractivity contribution >= 4 is 28.1 Å². The Kier molecular flexibility index (Phi) is 6.60. The van der Waals surface area contributed by atoms with Gasteiger partial charge >= 0.3 is 0 Å². The number of benzene rings is 3. The summed E-state index contributed by atoms with van der Waals surface area (Å²) in [6, 6.07) is 25.0. The van der Waals surface area contributed by atoms with Crippen molar-refractivity contribution < 1.29 is 14.6 Å². The zero-order valence-corrected chi connectivity index (χ0v) is 19.7. The molecule has 0 aliphatic heterocycles. The number of aryl methyl sites for hydroxylation is 1. The lowest BCUT2D eigenvalue weighted by Crippen LogP contribution is -2.17. The number of hydrazone groups is 1. The van der Waals surface area contributed by atoms with E-state index in [4.69, 9.17) is 4.74 Å². The van der Waals surface area contributed by atoms with Gasteiger partial charge in [0.2, 0.25) is 0 Å². The topological polar surface area (TPSA) is 75.8 Å². The summed E-state index contributed by atoms with van der Waals surface area (Å²) in [5.74, 6) is -0.103. The molecule has 1 amide bonds. The number of hydrogen-bond donors (Lipinski definition) is 2. The van der Waals surface area contributed by atoms with Crippen LogP contribution in [-0.4, -0.2) is 28.9 Å². The third kappa shape index (κ3) is 4.83. The number of phenolic OH excluding ortho intramolecular Hbond substituents is 1. The van der Waals surface area contributed by atoms with Gasteiger partial charge in [0.15, 0.2) is 11.5 Å². The van der Waals surface area contributed by atoms with Gasteiger partial charge in [0.25, 0.3) is 5.91 Å². The monoisotopic (exact) mass is 503 g/mol. The Morgan fingerprint density at radius 2 is 1.79 bits per heavy atom. The molecule has 0 unspecified atom stereocenters. The maximum absolute atomic E-state index is 12.5. The van der Waals surface area contributed by atoms with E-state index in [1.165, 1.54) is 13.3 Å². The average Bonchev–Trinajstić information content (AvgIpc) is 3.22. The highest BCUT2D eigenvalue weighted by Gasteiger charge is 2.11. The molecule has 0 fully saturated rings. The lowest BCUT2D eigenvalue weighted by atomic mass is 10.1. The van der Waals surface area contributed by atoms with Gasteiger partial charge in [0, 0.05) is 27.0 Å². The van der Waals surface area contributed by atoms with Crippen LogP contribution in [0.25, 0.3) is 16.9 Å². The molecule has 4 rings (SSSR count). The highest BCUT2D eigenvalue weighted by molar-refractivity contribution is 9.10. The van der Waals surface area contributed by atoms with Crippen molar-refractivity contribution in [2.75, 3.05) is 7.11 Å². The highest BCUT2D eigenvalue weighted by Crippen LogP contribution is 2.32. The van der Waals surface area contributed by atoms with Gasteiger partial charge in [-0.05, 0) is 61.0 Å². The van der Waals surface area contributed by atoms with Gasteiger partial charge in [-0.25, -0.2) is 5.43 Å². The first-order chi connectivity index (χ1) is 16.0. The van der Waals surface area contributed by atoms with Crippen LogP contribution in [0.1, 0.15) is 21.6 Å². The second-order valence-electron chi connectivity index (χ2n) is 7.35. The average molecular weight is 504 g/mol. The third-order valence-electron chi connectivity index (χ3n) is 5.19. The molecule has 7 heteroatoms. The van der Waals surface area contributed by atoms with Crippen molar-refractivity contribution in [3.63, 3.8) is 0 Å². The minimum Gasteiger partial charge on any atom is -0.504 e. The molecule has 0 aliphatic carbocycles. The lowest BCUT2D eigenvalue weighted by molar-refractivity contribution is 0.0955. The number of halogens is 1. The Labute approximate surface area is 200 Å². The lowest BCUT2D eigenvalue weighted by Gasteiger charge is -2.12. The normalized spacial score (nSPS) is 11.0. The standard InChI is InChI=1S/C26H22BrN3O3/c1-17-8-13-23(18-6-4-3-5-7-18)30(17)22-11-9-19(10-12-22)26(32)29-28-16-20-14-21(27)15-24(33-2)25(20)31/h3-16,31H,1-2H3,(H,29,32)/b28-16+.